The van der Waals surface area contributed by atoms with Gasteiger partial charge in [-0.2, -0.15) is 0 Å². The first-order valence-electron chi connectivity index (χ1n) is 9.64. The van der Waals surface area contributed by atoms with Crippen molar-refractivity contribution in [1.82, 2.24) is 4.98 Å². The quantitative estimate of drug-likeness (QED) is 0.724. The summed E-state index contributed by atoms with van der Waals surface area (Å²) in [6.07, 6.45) is 2.03. The Kier molecular flexibility index (Phi) is 4.35. The van der Waals surface area contributed by atoms with Gasteiger partial charge in [-0.15, -0.1) is 0 Å². The van der Waals surface area contributed by atoms with E-state index in [0.717, 1.165) is 11.1 Å². The van der Waals surface area contributed by atoms with Gasteiger partial charge < -0.3 is 19.7 Å². The van der Waals surface area contributed by atoms with Crippen LogP contribution in [0.5, 0.6) is 17.4 Å². The number of ether oxygens (including phenoxy) is 2. The molecule has 0 saturated heterocycles. The Balaban J connectivity index is 1.48. The Hall–Kier alpha value is -3.87. The highest BCUT2D eigenvalue weighted by molar-refractivity contribution is 6.00. The molecule has 0 unspecified atom stereocenters. The van der Waals surface area contributed by atoms with Gasteiger partial charge in [0.25, 0.3) is 5.91 Å². The fraction of sp³-hybridized carbons (Fsp3) is 0.174. The molecule has 0 bridgehead atoms. The van der Waals surface area contributed by atoms with E-state index in [1.807, 2.05) is 42.5 Å². The van der Waals surface area contributed by atoms with Crippen LogP contribution < -0.4 is 19.7 Å². The number of hydrogen-bond acceptors (Lipinski definition) is 5. The van der Waals surface area contributed by atoms with Gasteiger partial charge in [0.1, 0.15) is 11.5 Å². The third-order valence-electron chi connectivity index (χ3n) is 5.38. The van der Waals surface area contributed by atoms with E-state index < -0.39 is 0 Å². The number of pyridine rings is 1. The van der Waals surface area contributed by atoms with Crippen LogP contribution in [-0.2, 0) is 9.59 Å². The van der Waals surface area contributed by atoms with E-state index in [1.165, 1.54) is 0 Å². The summed E-state index contributed by atoms with van der Waals surface area (Å²) in [5, 5.41) is 2.91. The highest BCUT2D eigenvalue weighted by atomic mass is 16.5. The molecule has 1 aromatic heterocycles. The number of aromatic nitrogens is 1. The molecule has 7 heteroatoms. The fourth-order valence-corrected chi connectivity index (χ4v) is 3.79. The molecule has 2 amide bonds. The summed E-state index contributed by atoms with van der Waals surface area (Å²) < 4.78 is 11.3. The number of amides is 2. The molecule has 3 aromatic rings. The zero-order valence-corrected chi connectivity index (χ0v) is 16.3. The van der Waals surface area contributed by atoms with E-state index in [1.54, 1.807) is 30.3 Å². The van der Waals surface area contributed by atoms with Crippen molar-refractivity contribution in [3.8, 4) is 17.4 Å². The first-order valence-corrected chi connectivity index (χ1v) is 9.64. The lowest BCUT2D eigenvalue weighted by Gasteiger charge is -2.31. The van der Waals surface area contributed by atoms with Gasteiger partial charge in [-0.1, -0.05) is 24.3 Å². The Morgan fingerprint density at radius 2 is 1.97 bits per heavy atom. The van der Waals surface area contributed by atoms with E-state index >= 15 is 0 Å². The molecule has 3 heterocycles. The number of carbonyl (C=O) groups is 2. The molecule has 1 atom stereocenters. The fourth-order valence-electron chi connectivity index (χ4n) is 3.79. The van der Waals surface area contributed by atoms with Crippen LogP contribution in [0.4, 0.5) is 11.4 Å². The number of nitrogens with zero attached hydrogens (tertiary/aromatic N) is 2. The number of likely N-dealkylation sites (N-methyl/N-ethyl adjacent to an activating group) is 1. The number of hydrogen-bond donors (Lipinski definition) is 1. The van der Waals surface area contributed by atoms with Crippen molar-refractivity contribution in [3.63, 3.8) is 0 Å². The molecule has 1 N–H and O–H groups in total. The normalized spacial score (nSPS) is 17.5. The Labute approximate surface area is 173 Å². The summed E-state index contributed by atoms with van der Waals surface area (Å²) in [5.41, 5.74) is 3.22. The molecule has 0 spiro atoms. The van der Waals surface area contributed by atoms with Crippen molar-refractivity contribution >= 4 is 23.2 Å². The number of benzene rings is 2. The largest absolute Gasteiger partial charge is 0.481 e. The van der Waals surface area contributed by atoms with Crippen LogP contribution in [0, 0.1) is 0 Å². The number of nitrogens with one attached hydrogen (secondary N) is 1. The lowest BCUT2D eigenvalue weighted by molar-refractivity contribution is -0.121. The maximum absolute atomic E-state index is 12.3. The van der Waals surface area contributed by atoms with Crippen molar-refractivity contribution in [1.29, 1.82) is 0 Å². The van der Waals surface area contributed by atoms with Crippen molar-refractivity contribution < 1.29 is 19.1 Å². The monoisotopic (exact) mass is 401 g/mol. The van der Waals surface area contributed by atoms with Gasteiger partial charge in [0, 0.05) is 43.4 Å². The summed E-state index contributed by atoms with van der Waals surface area (Å²) in [5.74, 6) is 1.42. The Morgan fingerprint density at radius 1 is 1.13 bits per heavy atom. The van der Waals surface area contributed by atoms with Crippen molar-refractivity contribution in [2.75, 3.05) is 23.9 Å². The molecule has 0 saturated carbocycles. The molecule has 2 aliphatic rings. The molecule has 0 radical (unpaired) electrons. The average Bonchev–Trinajstić information content (AvgIpc) is 2.76. The summed E-state index contributed by atoms with van der Waals surface area (Å²) in [4.78, 5) is 30.4. The van der Waals surface area contributed by atoms with E-state index in [-0.39, 0.29) is 24.3 Å². The Bertz CT molecular complexity index is 1130. The van der Waals surface area contributed by atoms with Crippen LogP contribution in [0.15, 0.2) is 60.8 Å². The zero-order valence-electron chi connectivity index (χ0n) is 16.3. The first kappa shape index (κ1) is 18.2. The standard InChI is InChI=1S/C23H19N3O4/c1-26-19-9-17-16(10-21(27)25-18(17)11-20(19)29-13-23(26)28)14-7-8-22(24-12-14)30-15-5-3-2-4-6-15/h2-9,11-12,16H,10,13H2,1H3,(H,25,27)/t16-/m0/s1. The van der Waals surface area contributed by atoms with Crippen LogP contribution in [0.2, 0.25) is 0 Å². The molecule has 7 nitrogen and oxygen atoms in total. The smallest absolute Gasteiger partial charge is 0.264 e. The molecule has 2 aliphatic heterocycles. The zero-order chi connectivity index (χ0) is 20.7. The minimum Gasteiger partial charge on any atom is -0.481 e. The van der Waals surface area contributed by atoms with Crippen LogP contribution in [0.25, 0.3) is 0 Å². The van der Waals surface area contributed by atoms with Gasteiger partial charge in [-0.05, 0) is 29.3 Å². The molecular formula is C23H19N3O4. The predicted octanol–water partition coefficient (Wildman–Crippen LogP) is 3.70. The van der Waals surface area contributed by atoms with Crippen molar-refractivity contribution in [2.45, 2.75) is 12.3 Å². The van der Waals surface area contributed by atoms with Crippen LogP contribution >= 0.6 is 0 Å². The summed E-state index contributed by atoms with van der Waals surface area (Å²) in [6.45, 7) is -0.00748. The molecule has 2 aromatic carbocycles. The van der Waals surface area contributed by atoms with Crippen LogP contribution in [0.3, 0.4) is 0 Å². The van der Waals surface area contributed by atoms with Crippen LogP contribution in [0.1, 0.15) is 23.5 Å². The van der Waals surface area contributed by atoms with Gasteiger partial charge in [0.2, 0.25) is 11.8 Å². The van der Waals surface area contributed by atoms with Gasteiger partial charge >= 0.3 is 0 Å². The average molecular weight is 401 g/mol. The predicted molar refractivity (Wildman–Crippen MR) is 111 cm³/mol. The molecule has 150 valence electrons. The van der Waals surface area contributed by atoms with Gasteiger partial charge in [-0.25, -0.2) is 4.98 Å². The molecule has 0 fully saturated rings. The number of fused-ring (bicyclic) bond motifs is 2. The summed E-state index contributed by atoms with van der Waals surface area (Å²) >= 11 is 0. The topological polar surface area (TPSA) is 80.8 Å². The third-order valence-corrected chi connectivity index (χ3v) is 5.38. The van der Waals surface area contributed by atoms with E-state index in [9.17, 15) is 9.59 Å². The maximum Gasteiger partial charge on any atom is 0.264 e. The second-order valence-corrected chi connectivity index (χ2v) is 7.30. The minimum absolute atomic E-state index is 0.00748. The Morgan fingerprint density at radius 3 is 2.73 bits per heavy atom. The number of rotatable bonds is 3. The van der Waals surface area contributed by atoms with E-state index in [4.69, 9.17) is 9.47 Å². The first-order chi connectivity index (χ1) is 14.6. The second kappa shape index (κ2) is 7.18. The van der Waals surface area contributed by atoms with E-state index in [2.05, 4.69) is 10.3 Å². The maximum atomic E-state index is 12.3. The minimum atomic E-state index is -0.178. The molecule has 0 aliphatic carbocycles. The lowest BCUT2D eigenvalue weighted by atomic mass is 9.85. The van der Waals surface area contributed by atoms with Gasteiger partial charge in [0.05, 0.1) is 5.69 Å². The molecule has 5 rings (SSSR count). The summed E-state index contributed by atoms with van der Waals surface area (Å²) in [7, 11) is 1.73. The summed E-state index contributed by atoms with van der Waals surface area (Å²) in [6, 6.07) is 16.9. The third kappa shape index (κ3) is 3.24. The van der Waals surface area contributed by atoms with E-state index in [0.29, 0.717) is 35.2 Å². The second-order valence-electron chi connectivity index (χ2n) is 7.30. The van der Waals surface area contributed by atoms with Crippen molar-refractivity contribution in [3.05, 3.63) is 71.9 Å². The van der Waals surface area contributed by atoms with Crippen LogP contribution in [-0.4, -0.2) is 30.5 Å². The molecule has 30 heavy (non-hydrogen) atoms. The number of anilines is 2. The van der Waals surface area contributed by atoms with Gasteiger partial charge in [-0.3, -0.25) is 9.59 Å². The highest BCUT2D eigenvalue weighted by Crippen LogP contribution is 2.44. The molecular weight excluding hydrogens is 382 g/mol. The van der Waals surface area contributed by atoms with Crippen molar-refractivity contribution in [2.24, 2.45) is 0 Å². The van der Waals surface area contributed by atoms with Gasteiger partial charge in [0.15, 0.2) is 6.61 Å². The highest BCUT2D eigenvalue weighted by Gasteiger charge is 2.31. The number of para-hydroxylation sites is 1. The lowest BCUT2D eigenvalue weighted by Crippen LogP contribution is -2.36. The number of carbonyl (C=O) groups excluding carboxylic acids is 2. The SMILES string of the molecule is CN1C(=O)COc2cc3c(cc21)[C@H](c1ccc(Oc2ccccc2)nc1)CC(=O)N3.